The number of carbonyl (C=O) groups excluding carboxylic acids is 2. The van der Waals surface area contributed by atoms with E-state index in [2.05, 4.69) is 10.0 Å². The van der Waals surface area contributed by atoms with Gasteiger partial charge in [0, 0.05) is 6.04 Å². The zero-order valence-corrected chi connectivity index (χ0v) is 15.9. The molecule has 1 aliphatic carbocycles. The van der Waals surface area contributed by atoms with Crippen LogP contribution in [0.25, 0.3) is 0 Å². The smallest absolute Gasteiger partial charge is 0.340 e. The third-order valence-electron chi connectivity index (χ3n) is 4.09. The van der Waals surface area contributed by atoms with Gasteiger partial charge in [-0.2, -0.15) is 0 Å². The van der Waals surface area contributed by atoms with E-state index in [0.29, 0.717) is 0 Å². The SMILES string of the molecule is Cc1cc(F)ccc1S(=O)(=O)Nc1ccccc1C(=O)OCC(=O)NC1CC1. The minimum Gasteiger partial charge on any atom is -0.452 e. The number of ether oxygens (including phenoxy) is 1. The van der Waals surface area contributed by atoms with Gasteiger partial charge in [0.1, 0.15) is 5.82 Å². The third kappa shape index (κ3) is 4.86. The van der Waals surface area contributed by atoms with Crippen LogP contribution in [0.3, 0.4) is 0 Å². The van der Waals surface area contributed by atoms with Crippen LogP contribution in [0.15, 0.2) is 47.4 Å². The summed E-state index contributed by atoms with van der Waals surface area (Å²) in [5.74, 6) is -1.79. The monoisotopic (exact) mass is 406 g/mol. The molecule has 0 atom stereocenters. The highest BCUT2D eigenvalue weighted by molar-refractivity contribution is 7.92. The van der Waals surface area contributed by atoms with Gasteiger partial charge >= 0.3 is 5.97 Å². The van der Waals surface area contributed by atoms with Gasteiger partial charge in [-0.25, -0.2) is 17.6 Å². The number of nitrogens with one attached hydrogen (secondary N) is 2. The van der Waals surface area contributed by atoms with Crippen LogP contribution < -0.4 is 10.0 Å². The molecule has 28 heavy (non-hydrogen) atoms. The first-order valence-electron chi connectivity index (χ1n) is 8.61. The normalized spacial score (nSPS) is 13.6. The van der Waals surface area contributed by atoms with E-state index in [9.17, 15) is 22.4 Å². The van der Waals surface area contributed by atoms with Crippen molar-refractivity contribution in [1.82, 2.24) is 5.32 Å². The Labute approximate surface area is 161 Å². The largest absolute Gasteiger partial charge is 0.452 e. The van der Waals surface area contributed by atoms with Crippen molar-refractivity contribution < 1.29 is 27.1 Å². The van der Waals surface area contributed by atoms with Gasteiger partial charge in [0.15, 0.2) is 6.61 Å². The number of carbonyl (C=O) groups is 2. The lowest BCUT2D eigenvalue weighted by molar-refractivity contribution is -0.124. The molecule has 1 saturated carbocycles. The molecule has 0 heterocycles. The number of aryl methyl sites for hydroxylation is 1. The number of hydrogen-bond acceptors (Lipinski definition) is 5. The standard InChI is InChI=1S/C19H19FN2O5S/c1-12-10-13(20)6-9-17(12)28(25,26)22-16-5-3-2-4-15(16)19(24)27-11-18(23)21-14-7-8-14/h2-6,9-10,14,22H,7-8,11H2,1H3,(H,21,23). The molecule has 3 rings (SSSR count). The topological polar surface area (TPSA) is 102 Å². The summed E-state index contributed by atoms with van der Waals surface area (Å²) in [5, 5.41) is 2.69. The van der Waals surface area contributed by atoms with E-state index in [1.807, 2.05) is 0 Å². The Bertz CT molecular complexity index is 1020. The van der Waals surface area contributed by atoms with E-state index in [0.717, 1.165) is 31.0 Å². The number of esters is 1. The summed E-state index contributed by atoms with van der Waals surface area (Å²) in [6.45, 7) is 1.02. The van der Waals surface area contributed by atoms with E-state index in [4.69, 9.17) is 4.74 Å². The van der Waals surface area contributed by atoms with E-state index >= 15 is 0 Å². The maximum Gasteiger partial charge on any atom is 0.340 e. The van der Waals surface area contributed by atoms with E-state index in [1.165, 1.54) is 19.1 Å². The fraction of sp³-hybridized carbons (Fsp3) is 0.263. The number of para-hydroxylation sites is 1. The Morgan fingerprint density at radius 2 is 1.89 bits per heavy atom. The van der Waals surface area contributed by atoms with Crippen molar-refractivity contribution in [3.8, 4) is 0 Å². The predicted octanol–water partition coefficient (Wildman–Crippen LogP) is 2.37. The lowest BCUT2D eigenvalue weighted by Crippen LogP contribution is -2.30. The van der Waals surface area contributed by atoms with Gasteiger partial charge in [0.05, 0.1) is 16.1 Å². The number of rotatable bonds is 7. The van der Waals surface area contributed by atoms with Crippen LogP contribution in [0, 0.1) is 12.7 Å². The zero-order valence-electron chi connectivity index (χ0n) is 15.1. The zero-order chi connectivity index (χ0) is 20.3. The Hall–Kier alpha value is -2.94. The lowest BCUT2D eigenvalue weighted by Gasteiger charge is -2.13. The van der Waals surface area contributed by atoms with Crippen molar-refractivity contribution >= 4 is 27.6 Å². The van der Waals surface area contributed by atoms with Crippen molar-refractivity contribution in [2.75, 3.05) is 11.3 Å². The van der Waals surface area contributed by atoms with Gasteiger partial charge in [-0.15, -0.1) is 0 Å². The number of halogens is 1. The van der Waals surface area contributed by atoms with Crippen LogP contribution in [0.1, 0.15) is 28.8 Å². The summed E-state index contributed by atoms with van der Waals surface area (Å²) < 4.78 is 45.9. The van der Waals surface area contributed by atoms with Crippen LogP contribution in [0.2, 0.25) is 0 Å². The number of amides is 1. The molecule has 0 unspecified atom stereocenters. The third-order valence-corrected chi connectivity index (χ3v) is 5.62. The van der Waals surface area contributed by atoms with Gasteiger partial charge < -0.3 is 10.1 Å². The molecule has 0 aliphatic heterocycles. The average Bonchev–Trinajstić information content (AvgIpc) is 3.43. The molecule has 0 spiro atoms. The Morgan fingerprint density at radius 1 is 1.18 bits per heavy atom. The van der Waals surface area contributed by atoms with Crippen LogP contribution in [0.4, 0.5) is 10.1 Å². The molecule has 2 N–H and O–H groups in total. The maximum absolute atomic E-state index is 13.3. The highest BCUT2D eigenvalue weighted by atomic mass is 32.2. The molecule has 1 amide bonds. The Kier molecular flexibility index (Phi) is 5.64. The molecule has 1 fully saturated rings. The molecule has 0 saturated heterocycles. The Morgan fingerprint density at radius 3 is 2.57 bits per heavy atom. The van der Waals surface area contributed by atoms with Gasteiger partial charge in [-0.05, 0) is 55.7 Å². The first-order chi connectivity index (χ1) is 13.3. The summed E-state index contributed by atoms with van der Waals surface area (Å²) in [6.07, 6.45) is 1.82. The number of sulfonamides is 1. The van der Waals surface area contributed by atoms with Gasteiger partial charge in [0.2, 0.25) is 0 Å². The fourth-order valence-corrected chi connectivity index (χ4v) is 3.88. The highest BCUT2D eigenvalue weighted by Gasteiger charge is 2.25. The number of benzene rings is 2. The molecular formula is C19H19FN2O5S. The minimum absolute atomic E-state index is 0.00109. The highest BCUT2D eigenvalue weighted by Crippen LogP contribution is 2.23. The second kappa shape index (κ2) is 7.97. The Balaban J connectivity index is 1.75. The summed E-state index contributed by atoms with van der Waals surface area (Å²) >= 11 is 0. The van der Waals surface area contributed by atoms with Crippen molar-refractivity contribution in [3.63, 3.8) is 0 Å². The first-order valence-corrected chi connectivity index (χ1v) is 10.1. The molecular weight excluding hydrogens is 387 g/mol. The molecule has 148 valence electrons. The first kappa shape index (κ1) is 19.8. The van der Waals surface area contributed by atoms with Gasteiger partial charge in [-0.3, -0.25) is 9.52 Å². The average molecular weight is 406 g/mol. The van der Waals surface area contributed by atoms with Crippen molar-refractivity contribution in [3.05, 3.63) is 59.4 Å². The molecule has 0 radical (unpaired) electrons. The van der Waals surface area contributed by atoms with Crippen molar-refractivity contribution in [2.45, 2.75) is 30.7 Å². The summed E-state index contributed by atoms with van der Waals surface area (Å²) in [6, 6.07) is 9.31. The molecule has 0 aromatic heterocycles. The number of anilines is 1. The van der Waals surface area contributed by atoms with E-state index < -0.39 is 34.3 Å². The summed E-state index contributed by atoms with van der Waals surface area (Å²) in [5.41, 5.74) is 0.188. The lowest BCUT2D eigenvalue weighted by atomic mass is 10.2. The second-order valence-electron chi connectivity index (χ2n) is 6.48. The van der Waals surface area contributed by atoms with Crippen molar-refractivity contribution in [2.24, 2.45) is 0 Å². The summed E-state index contributed by atoms with van der Waals surface area (Å²) in [7, 11) is -4.06. The molecule has 1 aliphatic rings. The second-order valence-corrected chi connectivity index (χ2v) is 8.13. The van der Waals surface area contributed by atoms with Crippen LogP contribution in [0.5, 0.6) is 0 Å². The molecule has 0 bridgehead atoms. The molecule has 7 nitrogen and oxygen atoms in total. The molecule has 2 aromatic rings. The van der Waals surface area contributed by atoms with E-state index in [1.54, 1.807) is 12.1 Å². The van der Waals surface area contributed by atoms with Crippen LogP contribution in [-0.2, 0) is 19.6 Å². The van der Waals surface area contributed by atoms with Crippen LogP contribution in [-0.4, -0.2) is 32.9 Å². The summed E-state index contributed by atoms with van der Waals surface area (Å²) in [4.78, 5) is 23.9. The van der Waals surface area contributed by atoms with Gasteiger partial charge in [0.25, 0.3) is 15.9 Å². The number of hydrogen-bond donors (Lipinski definition) is 2. The van der Waals surface area contributed by atoms with Crippen LogP contribution >= 0.6 is 0 Å². The van der Waals surface area contributed by atoms with Gasteiger partial charge in [-0.1, -0.05) is 12.1 Å². The predicted molar refractivity (Wildman–Crippen MR) is 99.8 cm³/mol. The molecule has 2 aromatic carbocycles. The van der Waals surface area contributed by atoms with Crippen molar-refractivity contribution in [1.29, 1.82) is 0 Å². The molecule has 9 heteroatoms. The minimum atomic E-state index is -4.06. The maximum atomic E-state index is 13.3. The quantitative estimate of drug-likeness (QED) is 0.688. The van der Waals surface area contributed by atoms with E-state index in [-0.39, 0.29) is 27.8 Å². The fourth-order valence-electron chi connectivity index (χ4n) is 2.57.